The summed E-state index contributed by atoms with van der Waals surface area (Å²) in [6.45, 7) is 0. The molecule has 0 fully saturated rings. The summed E-state index contributed by atoms with van der Waals surface area (Å²) in [5, 5.41) is 32.6. The van der Waals surface area contributed by atoms with Gasteiger partial charge in [0.05, 0.1) is 0 Å². The summed E-state index contributed by atoms with van der Waals surface area (Å²) in [6.07, 6.45) is 0. The summed E-state index contributed by atoms with van der Waals surface area (Å²) >= 11 is 0. The van der Waals surface area contributed by atoms with Gasteiger partial charge in [0.1, 0.15) is 59.6 Å². The molecule has 0 aromatic carbocycles. The van der Waals surface area contributed by atoms with Crippen LogP contribution in [0.1, 0.15) is 31.7 Å². The van der Waals surface area contributed by atoms with Gasteiger partial charge < -0.3 is 43.0 Å². The number of furan rings is 3. The van der Waals surface area contributed by atoms with Crippen LogP contribution in [0.25, 0.3) is 0 Å². The third-order valence-corrected chi connectivity index (χ3v) is 5.08. The Bertz CT molecular complexity index is 851. The van der Waals surface area contributed by atoms with Gasteiger partial charge in [0.15, 0.2) is 0 Å². The summed E-state index contributed by atoms with van der Waals surface area (Å²) < 4.78 is 15.5. The molecule has 0 spiro atoms. The molecule has 28 heavy (non-hydrogen) atoms. The average Bonchev–Trinajstić information content (AvgIpc) is 3.28. The number of carbonyl (C=O) groups is 3. The van der Waals surface area contributed by atoms with Crippen molar-refractivity contribution in [3.05, 3.63) is 53.7 Å². The molecule has 128 valence electrons. The Morgan fingerprint density at radius 1 is 0.571 bits per heavy atom. The van der Waals surface area contributed by atoms with E-state index in [0.29, 0.717) is 0 Å². The Kier molecular flexibility index (Phi) is 10.3. The first kappa shape index (κ1) is 26.5. The number of aromatic carboxylic acids is 3. The molecule has 3 heterocycles. The molecule has 3 aromatic heterocycles. The molecule has 0 radical (unpaired) electrons. The second kappa shape index (κ2) is 10.9. The fraction of sp³-hybridized carbons (Fsp3) is 0. The van der Waals surface area contributed by atoms with Gasteiger partial charge in [-0.2, -0.15) is 0 Å². The molecule has 0 N–H and O–H groups in total. The van der Waals surface area contributed by atoms with Crippen LogP contribution in [0.5, 0.6) is 0 Å². The second-order valence-corrected chi connectivity index (χ2v) is 6.60. The minimum absolute atomic E-state index is 0. The Balaban J connectivity index is 0.00000243. The first-order valence-corrected chi connectivity index (χ1v) is 7.94. The maximum absolute atomic E-state index is 10.9. The minimum Gasteiger partial charge on any atom is -0.542 e. The summed E-state index contributed by atoms with van der Waals surface area (Å²) in [7, 11) is -1.83. The first-order chi connectivity index (χ1) is 11.9. The molecule has 0 saturated carbocycles. The van der Waals surface area contributed by atoms with Gasteiger partial charge in [-0.25, -0.2) is 0 Å². The summed E-state index contributed by atoms with van der Waals surface area (Å²) in [6, 6.07) is 7.39. The zero-order chi connectivity index (χ0) is 18.1. The van der Waals surface area contributed by atoms with Gasteiger partial charge in [-0.1, -0.05) is 0 Å². The fourth-order valence-corrected chi connectivity index (χ4v) is 3.89. The van der Waals surface area contributed by atoms with Crippen molar-refractivity contribution in [3.8, 4) is 0 Å². The molecule has 0 atom stereocenters. The zero-order valence-corrected chi connectivity index (χ0v) is 16.0. The van der Waals surface area contributed by atoms with Crippen molar-refractivity contribution in [2.24, 2.45) is 0 Å². The van der Waals surface area contributed by atoms with Crippen molar-refractivity contribution in [2.45, 2.75) is 0 Å². The molecule has 0 unspecified atom stereocenters. The van der Waals surface area contributed by atoms with Gasteiger partial charge in [-0.3, -0.25) is 0 Å². The number of rotatable bonds is 6. The molecule has 0 bridgehead atoms. The monoisotopic (exact) mass is 382 g/mol. The number of carboxylic acids is 3. The van der Waals surface area contributed by atoms with Crippen molar-refractivity contribution in [1.29, 1.82) is 0 Å². The van der Waals surface area contributed by atoms with Crippen molar-refractivity contribution in [2.75, 3.05) is 0 Å². The minimum atomic E-state index is -1.83. The smallest absolute Gasteiger partial charge is 0.542 e. The van der Waals surface area contributed by atoms with Gasteiger partial charge in [0, 0.05) is 0 Å². The maximum Gasteiger partial charge on any atom is 1.00 e. The van der Waals surface area contributed by atoms with Gasteiger partial charge in [0.25, 0.3) is 0 Å². The van der Waals surface area contributed by atoms with Crippen LogP contribution in [0.4, 0.5) is 0 Å². The Labute approximate surface area is 194 Å². The maximum atomic E-state index is 10.9. The van der Waals surface area contributed by atoms with Crippen LogP contribution in [0, 0.1) is 0 Å². The average molecular weight is 382 g/mol. The second-order valence-electron chi connectivity index (χ2n) is 4.61. The third kappa shape index (κ3) is 5.51. The number of hydrogen-bond donors (Lipinski definition) is 0. The van der Waals surface area contributed by atoms with Crippen molar-refractivity contribution < 1.29 is 99.5 Å². The quantitative estimate of drug-likeness (QED) is 0.298. The summed E-state index contributed by atoms with van der Waals surface area (Å²) in [5.41, 5.74) is 0.230. The van der Waals surface area contributed by atoms with E-state index in [1.165, 1.54) is 18.2 Å². The Hall–Kier alpha value is -1.53. The van der Waals surface area contributed by atoms with E-state index in [1.54, 1.807) is 0 Å². The molecule has 0 aliphatic rings. The SMILES string of the molecule is O=C([O-])c1ccc(P(c2ccc(C(=O)[O-])o2)c2ccc(C(=O)[O-])o2)o1.[Li+].[Li+].[Li+]. The molecule has 0 amide bonds. The Morgan fingerprint density at radius 3 is 1.00 bits per heavy atom. The molecule has 3 rings (SSSR count). The molecule has 0 aliphatic heterocycles. The summed E-state index contributed by atoms with van der Waals surface area (Å²) in [5.74, 6) is -6.02. The molecular formula is C15H6Li3O9P. The molecule has 0 aliphatic carbocycles. The van der Waals surface area contributed by atoms with Crippen LogP contribution in [0.2, 0.25) is 0 Å². The van der Waals surface area contributed by atoms with E-state index < -0.39 is 43.1 Å². The molecule has 0 saturated heterocycles. The molecule has 3 aromatic rings. The van der Waals surface area contributed by atoms with E-state index in [-0.39, 0.29) is 73.1 Å². The van der Waals surface area contributed by atoms with Crippen LogP contribution in [0.3, 0.4) is 0 Å². The van der Waals surface area contributed by atoms with E-state index >= 15 is 0 Å². The van der Waals surface area contributed by atoms with E-state index in [1.807, 2.05) is 0 Å². The molecule has 13 heteroatoms. The van der Waals surface area contributed by atoms with Crippen LogP contribution in [0.15, 0.2) is 49.6 Å². The predicted molar refractivity (Wildman–Crippen MR) is 74.9 cm³/mol. The standard InChI is InChI=1S/C15H9O9P.3Li/c16-13(17)7-1-4-10(22-7)25(11-5-2-8(23-11)14(18)19)12-6-3-9(24-12)15(20)21;;;/h1-6H,(H,16,17)(H,18,19)(H,20,21);;;/q;3*+1/p-3. The molecular weight excluding hydrogens is 376 g/mol. The topological polar surface area (TPSA) is 160 Å². The van der Waals surface area contributed by atoms with Gasteiger partial charge in [0.2, 0.25) is 0 Å². The largest absolute Gasteiger partial charge is 1.00 e. The van der Waals surface area contributed by atoms with Crippen LogP contribution >= 0.6 is 7.92 Å². The molecule has 9 nitrogen and oxygen atoms in total. The van der Waals surface area contributed by atoms with Crippen molar-refractivity contribution in [3.63, 3.8) is 0 Å². The Morgan fingerprint density at radius 2 is 0.821 bits per heavy atom. The predicted octanol–water partition coefficient (Wildman–Crippen LogP) is -11.7. The van der Waals surface area contributed by atoms with E-state index in [4.69, 9.17) is 13.3 Å². The fourth-order valence-electron chi connectivity index (χ4n) is 2.00. The zero-order valence-electron chi connectivity index (χ0n) is 15.1. The van der Waals surface area contributed by atoms with Gasteiger partial charge >= 0.3 is 56.6 Å². The van der Waals surface area contributed by atoms with Crippen molar-refractivity contribution >= 4 is 42.3 Å². The summed E-state index contributed by atoms with van der Waals surface area (Å²) in [4.78, 5) is 32.6. The number of carboxylic acid groups (broad SMARTS) is 3. The van der Waals surface area contributed by atoms with E-state index in [9.17, 15) is 29.7 Å². The normalized spacial score (nSPS) is 9.75. The number of hydrogen-bond acceptors (Lipinski definition) is 9. The third-order valence-electron chi connectivity index (χ3n) is 3.04. The first-order valence-electron chi connectivity index (χ1n) is 6.60. The van der Waals surface area contributed by atoms with Crippen LogP contribution in [-0.4, -0.2) is 17.9 Å². The van der Waals surface area contributed by atoms with E-state index in [0.717, 1.165) is 18.2 Å². The van der Waals surface area contributed by atoms with Crippen LogP contribution in [-0.2, 0) is 0 Å². The number of carbonyl (C=O) groups excluding carboxylic acids is 3. The van der Waals surface area contributed by atoms with Gasteiger partial charge in [-0.15, -0.1) is 0 Å². The van der Waals surface area contributed by atoms with Crippen LogP contribution < -0.4 is 88.4 Å². The van der Waals surface area contributed by atoms with Crippen molar-refractivity contribution in [1.82, 2.24) is 0 Å². The van der Waals surface area contributed by atoms with E-state index in [2.05, 4.69) is 0 Å². The van der Waals surface area contributed by atoms with Gasteiger partial charge in [-0.05, 0) is 36.4 Å².